The van der Waals surface area contributed by atoms with Crippen LogP contribution in [0.25, 0.3) is 6.08 Å². The van der Waals surface area contributed by atoms with Gasteiger partial charge in [-0.1, -0.05) is 42.0 Å². The maximum Gasteiger partial charge on any atom is 0.410 e. The zero-order valence-electron chi connectivity index (χ0n) is 13.9. The van der Waals surface area contributed by atoms with Crippen LogP contribution in [0.15, 0.2) is 54.1 Å². The van der Waals surface area contributed by atoms with E-state index in [-0.39, 0.29) is 6.09 Å². The van der Waals surface area contributed by atoms with Gasteiger partial charge in [0.2, 0.25) is 0 Å². The Bertz CT molecular complexity index is 715. The lowest BCUT2D eigenvalue weighted by Gasteiger charge is -2.27. The van der Waals surface area contributed by atoms with Gasteiger partial charge in [0, 0.05) is 18.8 Å². The molecule has 1 amide bonds. The van der Waals surface area contributed by atoms with E-state index in [9.17, 15) is 4.79 Å². The van der Waals surface area contributed by atoms with E-state index < -0.39 is 0 Å². The van der Waals surface area contributed by atoms with E-state index in [1.165, 1.54) is 5.57 Å². The number of aromatic nitrogens is 1. The van der Waals surface area contributed by atoms with E-state index in [2.05, 4.69) is 11.1 Å². The zero-order chi connectivity index (χ0) is 16.8. The molecule has 0 spiro atoms. The maximum atomic E-state index is 12.2. The van der Waals surface area contributed by atoms with Crippen molar-refractivity contribution in [1.29, 1.82) is 0 Å². The summed E-state index contributed by atoms with van der Waals surface area (Å²) in [6.07, 6.45) is 3.65. The van der Waals surface area contributed by atoms with Crippen molar-refractivity contribution >= 4 is 12.2 Å². The van der Waals surface area contributed by atoms with Crippen LogP contribution in [0, 0.1) is 6.92 Å². The van der Waals surface area contributed by atoms with Gasteiger partial charge in [0.05, 0.1) is 5.69 Å². The first-order valence-electron chi connectivity index (χ1n) is 8.29. The monoisotopic (exact) mass is 322 g/mol. The number of benzene rings is 1. The SMILES string of the molecule is Cc1cccc(C=C2CCN(C(=O)OCc3ccccc3)CC2)n1. The molecule has 1 aliphatic heterocycles. The van der Waals surface area contributed by atoms with Gasteiger partial charge in [-0.05, 0) is 43.5 Å². The summed E-state index contributed by atoms with van der Waals surface area (Å²) in [5.41, 5.74) is 4.35. The number of ether oxygens (including phenoxy) is 1. The van der Waals surface area contributed by atoms with Gasteiger partial charge in [-0.15, -0.1) is 0 Å². The Hall–Kier alpha value is -2.62. The Morgan fingerprint density at radius 2 is 1.88 bits per heavy atom. The van der Waals surface area contributed by atoms with Crippen LogP contribution in [0.4, 0.5) is 4.79 Å². The summed E-state index contributed by atoms with van der Waals surface area (Å²) in [6, 6.07) is 15.8. The van der Waals surface area contributed by atoms with Crippen molar-refractivity contribution in [2.24, 2.45) is 0 Å². The second-order valence-corrected chi connectivity index (χ2v) is 6.03. The van der Waals surface area contributed by atoms with Gasteiger partial charge in [-0.25, -0.2) is 4.79 Å². The van der Waals surface area contributed by atoms with Crippen LogP contribution in [0.5, 0.6) is 0 Å². The minimum Gasteiger partial charge on any atom is -0.445 e. The number of likely N-dealkylation sites (tertiary alicyclic amines) is 1. The first-order valence-corrected chi connectivity index (χ1v) is 8.29. The fourth-order valence-corrected chi connectivity index (χ4v) is 2.79. The van der Waals surface area contributed by atoms with Crippen molar-refractivity contribution in [3.8, 4) is 0 Å². The highest BCUT2D eigenvalue weighted by Gasteiger charge is 2.20. The van der Waals surface area contributed by atoms with Gasteiger partial charge >= 0.3 is 6.09 Å². The highest BCUT2D eigenvalue weighted by molar-refractivity contribution is 5.68. The highest BCUT2D eigenvalue weighted by Crippen LogP contribution is 2.19. The summed E-state index contributed by atoms with van der Waals surface area (Å²) in [6.45, 7) is 3.72. The Balaban J connectivity index is 1.50. The quantitative estimate of drug-likeness (QED) is 0.850. The maximum absolute atomic E-state index is 12.2. The lowest BCUT2D eigenvalue weighted by molar-refractivity contribution is 0.0936. The standard InChI is InChI=1S/C20H22N2O2/c1-16-6-5-9-19(21-16)14-17-10-12-22(13-11-17)20(23)24-15-18-7-3-2-4-8-18/h2-9,14H,10-13,15H2,1H3. The molecule has 0 unspecified atom stereocenters. The minimum absolute atomic E-state index is 0.230. The molecule has 1 saturated heterocycles. The van der Waals surface area contributed by atoms with Crippen molar-refractivity contribution in [3.63, 3.8) is 0 Å². The van der Waals surface area contributed by atoms with Crippen LogP contribution >= 0.6 is 0 Å². The number of piperidine rings is 1. The molecule has 4 nitrogen and oxygen atoms in total. The molecule has 0 saturated carbocycles. The number of aryl methyl sites for hydroxylation is 1. The van der Waals surface area contributed by atoms with Gasteiger partial charge in [-0.3, -0.25) is 4.98 Å². The molecular formula is C20H22N2O2. The Morgan fingerprint density at radius 1 is 1.12 bits per heavy atom. The van der Waals surface area contributed by atoms with E-state index in [4.69, 9.17) is 4.74 Å². The summed E-state index contributed by atoms with van der Waals surface area (Å²) in [5.74, 6) is 0. The molecule has 3 rings (SSSR count). The van der Waals surface area contributed by atoms with Crippen LogP contribution < -0.4 is 0 Å². The van der Waals surface area contributed by atoms with Gasteiger partial charge in [-0.2, -0.15) is 0 Å². The summed E-state index contributed by atoms with van der Waals surface area (Å²) < 4.78 is 5.39. The van der Waals surface area contributed by atoms with E-state index in [1.807, 2.05) is 55.5 Å². The molecular weight excluding hydrogens is 300 g/mol. The topological polar surface area (TPSA) is 42.4 Å². The molecule has 0 bridgehead atoms. The van der Waals surface area contributed by atoms with Gasteiger partial charge in [0.15, 0.2) is 0 Å². The molecule has 1 fully saturated rings. The van der Waals surface area contributed by atoms with E-state index in [1.54, 1.807) is 4.90 Å². The number of nitrogens with zero attached hydrogens (tertiary/aromatic N) is 2. The first kappa shape index (κ1) is 16.2. The number of hydrogen-bond donors (Lipinski definition) is 0. The fourth-order valence-electron chi connectivity index (χ4n) is 2.79. The van der Waals surface area contributed by atoms with E-state index in [0.717, 1.165) is 29.8 Å². The van der Waals surface area contributed by atoms with Crippen molar-refractivity contribution in [2.75, 3.05) is 13.1 Å². The molecule has 24 heavy (non-hydrogen) atoms. The number of carbonyl (C=O) groups excluding carboxylic acids is 1. The van der Waals surface area contributed by atoms with Crippen molar-refractivity contribution in [3.05, 3.63) is 71.1 Å². The van der Waals surface area contributed by atoms with Crippen LogP contribution in [0.2, 0.25) is 0 Å². The summed E-state index contributed by atoms with van der Waals surface area (Å²) >= 11 is 0. The molecule has 0 atom stereocenters. The normalized spacial score (nSPS) is 14.4. The molecule has 1 aromatic carbocycles. The third-order valence-electron chi connectivity index (χ3n) is 4.13. The van der Waals surface area contributed by atoms with Crippen molar-refractivity contribution < 1.29 is 9.53 Å². The van der Waals surface area contributed by atoms with Gasteiger partial charge in [0.25, 0.3) is 0 Å². The molecule has 2 aromatic rings. The number of carbonyl (C=O) groups is 1. The Morgan fingerprint density at radius 3 is 2.58 bits per heavy atom. The minimum atomic E-state index is -0.230. The molecule has 2 heterocycles. The molecule has 0 N–H and O–H groups in total. The van der Waals surface area contributed by atoms with Crippen LogP contribution in [-0.2, 0) is 11.3 Å². The summed E-state index contributed by atoms with van der Waals surface area (Å²) in [5, 5.41) is 0. The molecule has 0 aliphatic carbocycles. The lowest BCUT2D eigenvalue weighted by Crippen LogP contribution is -2.36. The number of pyridine rings is 1. The van der Waals surface area contributed by atoms with Crippen LogP contribution in [0.1, 0.15) is 29.8 Å². The van der Waals surface area contributed by atoms with Gasteiger partial charge in [0.1, 0.15) is 6.61 Å². The lowest BCUT2D eigenvalue weighted by atomic mass is 10.0. The van der Waals surface area contributed by atoms with Crippen molar-refractivity contribution in [1.82, 2.24) is 9.88 Å². The third-order valence-corrected chi connectivity index (χ3v) is 4.13. The smallest absolute Gasteiger partial charge is 0.410 e. The predicted octanol–water partition coefficient (Wildman–Crippen LogP) is 4.21. The van der Waals surface area contributed by atoms with Gasteiger partial charge < -0.3 is 9.64 Å². The molecule has 4 heteroatoms. The number of amides is 1. The average Bonchev–Trinajstić information content (AvgIpc) is 2.61. The van der Waals surface area contributed by atoms with E-state index >= 15 is 0 Å². The van der Waals surface area contributed by atoms with Crippen molar-refractivity contribution in [2.45, 2.75) is 26.4 Å². The number of rotatable bonds is 3. The first-order chi connectivity index (χ1) is 11.7. The number of hydrogen-bond acceptors (Lipinski definition) is 3. The Kier molecular flexibility index (Phi) is 5.26. The molecule has 1 aliphatic rings. The third kappa shape index (κ3) is 4.44. The molecule has 124 valence electrons. The zero-order valence-corrected chi connectivity index (χ0v) is 13.9. The second kappa shape index (κ2) is 7.77. The largest absolute Gasteiger partial charge is 0.445 e. The fraction of sp³-hybridized carbons (Fsp3) is 0.300. The average molecular weight is 322 g/mol. The van der Waals surface area contributed by atoms with Crippen LogP contribution in [-0.4, -0.2) is 29.1 Å². The molecule has 1 aromatic heterocycles. The molecule has 0 radical (unpaired) electrons. The summed E-state index contributed by atoms with van der Waals surface area (Å²) in [4.78, 5) is 18.4. The second-order valence-electron chi connectivity index (χ2n) is 6.03. The summed E-state index contributed by atoms with van der Waals surface area (Å²) in [7, 11) is 0. The van der Waals surface area contributed by atoms with Crippen LogP contribution in [0.3, 0.4) is 0 Å². The predicted molar refractivity (Wildman–Crippen MR) is 94.4 cm³/mol. The van der Waals surface area contributed by atoms with E-state index in [0.29, 0.717) is 19.7 Å². The highest BCUT2D eigenvalue weighted by atomic mass is 16.6. The Labute approximate surface area is 142 Å².